The molecular weight excluding hydrogens is 174 g/mol. The Morgan fingerprint density at radius 1 is 1.50 bits per heavy atom. The fourth-order valence-corrected chi connectivity index (χ4v) is 1.23. The van der Waals surface area contributed by atoms with Crippen LogP contribution in [0.25, 0.3) is 0 Å². The van der Waals surface area contributed by atoms with Gasteiger partial charge in [-0.3, -0.25) is 0 Å². The van der Waals surface area contributed by atoms with Gasteiger partial charge in [0, 0.05) is 13.6 Å². The second-order valence-electron chi connectivity index (χ2n) is 3.15. The van der Waals surface area contributed by atoms with Gasteiger partial charge in [0.1, 0.15) is 0 Å². The highest BCUT2D eigenvalue weighted by atomic mass is 32.2. The van der Waals surface area contributed by atoms with Gasteiger partial charge in [-0.1, -0.05) is 5.57 Å². The Morgan fingerprint density at radius 3 is 2.33 bits per heavy atom. The fraction of sp³-hybridized carbons (Fsp3) is 0.750. The van der Waals surface area contributed by atoms with Crippen molar-refractivity contribution in [2.24, 2.45) is 0 Å². The van der Waals surface area contributed by atoms with Crippen molar-refractivity contribution < 1.29 is 8.42 Å². The van der Waals surface area contributed by atoms with Crippen LogP contribution in [-0.2, 0) is 10.0 Å². The third-order valence-corrected chi connectivity index (χ3v) is 2.96. The summed E-state index contributed by atoms with van der Waals surface area (Å²) in [5.41, 5.74) is 1.09. The molecule has 0 aromatic carbocycles. The Morgan fingerprint density at radius 2 is 2.00 bits per heavy atom. The Labute approximate surface area is 75.1 Å². The molecule has 4 heteroatoms. The van der Waals surface area contributed by atoms with E-state index in [4.69, 9.17) is 0 Å². The summed E-state index contributed by atoms with van der Waals surface area (Å²) in [6.07, 6.45) is 2.95. The Bertz CT molecular complexity index is 244. The Kier molecular flexibility index (Phi) is 4.49. The standard InChI is InChI=1S/C8H17NO2S/c1-8(2)6-5-7-9(3)12(4,10)11/h1,5-7H2,2-4H3. The molecule has 3 nitrogen and oxygen atoms in total. The largest absolute Gasteiger partial charge is 0.213 e. The molecule has 0 fully saturated rings. The first-order valence-corrected chi connectivity index (χ1v) is 5.74. The van der Waals surface area contributed by atoms with Crippen LogP contribution in [0.3, 0.4) is 0 Å². The van der Waals surface area contributed by atoms with Gasteiger partial charge in [-0.15, -0.1) is 6.58 Å². The molecule has 0 bridgehead atoms. The molecule has 0 atom stereocenters. The van der Waals surface area contributed by atoms with E-state index in [-0.39, 0.29) is 0 Å². The molecule has 0 amide bonds. The smallest absolute Gasteiger partial charge is 0.210 e. The summed E-state index contributed by atoms with van der Waals surface area (Å²) < 4.78 is 23.2. The molecule has 12 heavy (non-hydrogen) atoms. The minimum Gasteiger partial charge on any atom is -0.213 e. The minimum atomic E-state index is -3.00. The number of allylic oxidation sites excluding steroid dienone is 1. The van der Waals surface area contributed by atoms with E-state index in [0.717, 1.165) is 18.4 Å². The molecule has 0 aliphatic heterocycles. The summed E-state index contributed by atoms with van der Waals surface area (Å²) in [6, 6.07) is 0. The molecule has 0 unspecified atom stereocenters. The van der Waals surface area contributed by atoms with Crippen LogP contribution in [0.2, 0.25) is 0 Å². The topological polar surface area (TPSA) is 37.4 Å². The molecule has 72 valence electrons. The lowest BCUT2D eigenvalue weighted by molar-refractivity contribution is 0.466. The first-order chi connectivity index (χ1) is 5.34. The summed E-state index contributed by atoms with van der Waals surface area (Å²) >= 11 is 0. The lowest BCUT2D eigenvalue weighted by Crippen LogP contribution is -2.26. The summed E-state index contributed by atoms with van der Waals surface area (Å²) in [7, 11) is -1.41. The van der Waals surface area contributed by atoms with Crippen LogP contribution in [0.15, 0.2) is 12.2 Å². The number of sulfonamides is 1. The summed E-state index contributed by atoms with van der Waals surface area (Å²) in [5, 5.41) is 0. The number of nitrogens with zero attached hydrogens (tertiary/aromatic N) is 1. The van der Waals surface area contributed by atoms with E-state index >= 15 is 0 Å². The van der Waals surface area contributed by atoms with Gasteiger partial charge in [0.2, 0.25) is 10.0 Å². The van der Waals surface area contributed by atoms with Crippen molar-refractivity contribution in [1.29, 1.82) is 0 Å². The molecule has 0 aromatic rings. The van der Waals surface area contributed by atoms with E-state index in [1.807, 2.05) is 6.92 Å². The summed E-state index contributed by atoms with van der Waals surface area (Å²) in [6.45, 7) is 6.27. The van der Waals surface area contributed by atoms with Crippen LogP contribution in [0, 0.1) is 0 Å². The summed E-state index contributed by atoms with van der Waals surface area (Å²) in [5.74, 6) is 0. The average molecular weight is 191 g/mol. The molecule has 0 aromatic heterocycles. The van der Waals surface area contributed by atoms with Crippen LogP contribution in [0.5, 0.6) is 0 Å². The van der Waals surface area contributed by atoms with Gasteiger partial charge in [-0.25, -0.2) is 12.7 Å². The van der Waals surface area contributed by atoms with Gasteiger partial charge in [0.25, 0.3) is 0 Å². The van der Waals surface area contributed by atoms with Gasteiger partial charge in [-0.05, 0) is 19.8 Å². The monoisotopic (exact) mass is 191 g/mol. The number of hydrogen-bond acceptors (Lipinski definition) is 2. The highest BCUT2D eigenvalue weighted by molar-refractivity contribution is 7.88. The van der Waals surface area contributed by atoms with Gasteiger partial charge in [0.05, 0.1) is 6.26 Å². The number of rotatable bonds is 5. The fourth-order valence-electron chi connectivity index (χ4n) is 0.769. The van der Waals surface area contributed by atoms with Crippen LogP contribution >= 0.6 is 0 Å². The van der Waals surface area contributed by atoms with E-state index in [1.54, 1.807) is 7.05 Å². The van der Waals surface area contributed by atoms with Crippen LogP contribution in [0.1, 0.15) is 19.8 Å². The molecule has 0 spiro atoms. The van der Waals surface area contributed by atoms with Crippen molar-refractivity contribution in [3.05, 3.63) is 12.2 Å². The molecule has 0 N–H and O–H groups in total. The van der Waals surface area contributed by atoms with E-state index in [0.29, 0.717) is 6.54 Å². The number of hydrogen-bond donors (Lipinski definition) is 0. The van der Waals surface area contributed by atoms with Gasteiger partial charge >= 0.3 is 0 Å². The molecule has 0 rings (SSSR count). The SMILES string of the molecule is C=C(C)CCCN(C)S(C)(=O)=O. The van der Waals surface area contributed by atoms with Crippen LogP contribution in [0.4, 0.5) is 0 Å². The molecule has 0 radical (unpaired) electrons. The Hall–Kier alpha value is -0.350. The second-order valence-corrected chi connectivity index (χ2v) is 5.23. The highest BCUT2D eigenvalue weighted by Crippen LogP contribution is 2.03. The molecule has 0 heterocycles. The lowest BCUT2D eigenvalue weighted by Gasteiger charge is -2.13. The third-order valence-electron chi connectivity index (χ3n) is 1.64. The van der Waals surface area contributed by atoms with E-state index in [2.05, 4.69) is 6.58 Å². The van der Waals surface area contributed by atoms with Crippen molar-refractivity contribution in [2.75, 3.05) is 19.8 Å². The zero-order chi connectivity index (χ0) is 9.78. The maximum Gasteiger partial charge on any atom is 0.210 e. The zero-order valence-electron chi connectivity index (χ0n) is 8.00. The predicted octanol–water partition coefficient (Wildman–Crippen LogP) is 1.23. The van der Waals surface area contributed by atoms with Crippen molar-refractivity contribution >= 4 is 10.0 Å². The highest BCUT2D eigenvalue weighted by Gasteiger charge is 2.08. The van der Waals surface area contributed by atoms with Crippen molar-refractivity contribution in [3.8, 4) is 0 Å². The van der Waals surface area contributed by atoms with Gasteiger partial charge in [-0.2, -0.15) is 0 Å². The van der Waals surface area contributed by atoms with Crippen molar-refractivity contribution in [3.63, 3.8) is 0 Å². The third kappa shape index (κ3) is 5.32. The maximum atomic E-state index is 10.9. The van der Waals surface area contributed by atoms with E-state index in [1.165, 1.54) is 10.6 Å². The minimum absolute atomic E-state index is 0.575. The second kappa shape index (κ2) is 4.62. The lowest BCUT2D eigenvalue weighted by atomic mass is 10.2. The molecular formula is C8H17NO2S. The first kappa shape index (κ1) is 11.6. The molecule has 0 saturated heterocycles. The van der Waals surface area contributed by atoms with Crippen molar-refractivity contribution in [2.45, 2.75) is 19.8 Å². The molecule has 0 aliphatic rings. The normalized spacial score (nSPS) is 12.0. The van der Waals surface area contributed by atoms with E-state index in [9.17, 15) is 8.42 Å². The maximum absolute atomic E-state index is 10.9. The Balaban J connectivity index is 3.73. The van der Waals surface area contributed by atoms with Crippen LogP contribution in [-0.4, -0.2) is 32.6 Å². The predicted molar refractivity (Wildman–Crippen MR) is 51.5 cm³/mol. The van der Waals surface area contributed by atoms with Crippen LogP contribution < -0.4 is 0 Å². The quantitative estimate of drug-likeness (QED) is 0.613. The van der Waals surface area contributed by atoms with Gasteiger partial charge < -0.3 is 0 Å². The molecule has 0 saturated carbocycles. The first-order valence-electron chi connectivity index (χ1n) is 3.89. The van der Waals surface area contributed by atoms with E-state index < -0.39 is 10.0 Å². The average Bonchev–Trinajstić information content (AvgIpc) is 1.84. The van der Waals surface area contributed by atoms with Gasteiger partial charge in [0.15, 0.2) is 0 Å². The van der Waals surface area contributed by atoms with Crippen molar-refractivity contribution in [1.82, 2.24) is 4.31 Å². The molecule has 0 aliphatic carbocycles. The summed E-state index contributed by atoms with van der Waals surface area (Å²) in [4.78, 5) is 0. The zero-order valence-corrected chi connectivity index (χ0v) is 8.82.